The smallest absolute Gasteiger partial charge is 0.193 e. The maximum absolute atomic E-state index is 9.67. The Morgan fingerprint density at radius 2 is 1.69 bits per heavy atom. The standard InChI is InChI=1S/C24H39N5O2.HI/c1-25-24(29-11-6-22(19-29)18-28-12-14-31-15-13-28)26-16-20-2-4-21(5-3-20)17-27-9-7-23(30)8-10-27;/h2-5,22-23,30H,6-19H2,1H3,(H,25,26);1H. The highest BCUT2D eigenvalue weighted by atomic mass is 127. The van der Waals surface area contributed by atoms with E-state index >= 15 is 0 Å². The number of hydrogen-bond acceptors (Lipinski definition) is 5. The molecule has 3 fully saturated rings. The summed E-state index contributed by atoms with van der Waals surface area (Å²) in [4.78, 5) is 11.9. The number of morpholine rings is 1. The Hall–Kier alpha value is -0.940. The van der Waals surface area contributed by atoms with E-state index in [9.17, 15) is 5.11 Å². The van der Waals surface area contributed by atoms with Crippen LogP contribution < -0.4 is 5.32 Å². The summed E-state index contributed by atoms with van der Waals surface area (Å²) in [7, 11) is 1.89. The third-order valence-electron chi connectivity index (χ3n) is 6.85. The highest BCUT2D eigenvalue weighted by molar-refractivity contribution is 14.0. The molecule has 7 nitrogen and oxygen atoms in total. The number of ether oxygens (including phenoxy) is 1. The third kappa shape index (κ3) is 7.55. The zero-order valence-electron chi connectivity index (χ0n) is 19.4. The van der Waals surface area contributed by atoms with Crippen molar-refractivity contribution in [3.63, 3.8) is 0 Å². The number of aliphatic hydroxyl groups is 1. The topological polar surface area (TPSA) is 63.6 Å². The van der Waals surface area contributed by atoms with Gasteiger partial charge < -0.3 is 20.1 Å². The van der Waals surface area contributed by atoms with Crippen LogP contribution in [0, 0.1) is 5.92 Å². The molecule has 3 aliphatic rings. The minimum atomic E-state index is -0.107. The first-order chi connectivity index (χ1) is 15.2. The first kappa shape index (κ1) is 25.7. The number of rotatable bonds is 6. The van der Waals surface area contributed by atoms with E-state index in [-0.39, 0.29) is 30.1 Å². The summed E-state index contributed by atoms with van der Waals surface area (Å²) >= 11 is 0. The van der Waals surface area contributed by atoms with Crippen molar-refractivity contribution in [2.75, 3.05) is 66.1 Å². The van der Waals surface area contributed by atoms with Gasteiger partial charge in [0, 0.05) is 66.0 Å². The van der Waals surface area contributed by atoms with Crippen LogP contribution in [0.15, 0.2) is 29.3 Å². The minimum absolute atomic E-state index is 0. The van der Waals surface area contributed by atoms with Gasteiger partial charge in [-0.05, 0) is 36.3 Å². The van der Waals surface area contributed by atoms with Gasteiger partial charge in [-0.2, -0.15) is 0 Å². The van der Waals surface area contributed by atoms with Crippen molar-refractivity contribution in [2.24, 2.45) is 10.9 Å². The van der Waals surface area contributed by atoms with Crippen LogP contribution >= 0.6 is 24.0 Å². The fraction of sp³-hybridized carbons (Fsp3) is 0.708. The molecule has 1 atom stereocenters. The highest BCUT2D eigenvalue weighted by Crippen LogP contribution is 2.19. The third-order valence-corrected chi connectivity index (χ3v) is 6.85. The van der Waals surface area contributed by atoms with Crippen LogP contribution in [0.1, 0.15) is 30.4 Å². The van der Waals surface area contributed by atoms with Gasteiger partial charge in [0.05, 0.1) is 19.3 Å². The first-order valence-electron chi connectivity index (χ1n) is 11.9. The van der Waals surface area contributed by atoms with Crippen molar-refractivity contribution in [3.8, 4) is 0 Å². The number of piperidine rings is 1. The zero-order chi connectivity index (χ0) is 21.5. The van der Waals surface area contributed by atoms with Crippen molar-refractivity contribution < 1.29 is 9.84 Å². The number of guanidine groups is 1. The highest BCUT2D eigenvalue weighted by Gasteiger charge is 2.27. The Morgan fingerprint density at radius 3 is 2.38 bits per heavy atom. The second kappa shape index (κ2) is 13.1. The number of nitrogens with zero attached hydrogens (tertiary/aromatic N) is 4. The van der Waals surface area contributed by atoms with Gasteiger partial charge in [-0.1, -0.05) is 24.3 Å². The average molecular weight is 558 g/mol. The summed E-state index contributed by atoms with van der Waals surface area (Å²) in [5.41, 5.74) is 2.62. The lowest BCUT2D eigenvalue weighted by atomic mass is 10.1. The van der Waals surface area contributed by atoms with E-state index in [1.54, 1.807) is 0 Å². The predicted octanol–water partition coefficient (Wildman–Crippen LogP) is 1.99. The molecule has 8 heteroatoms. The van der Waals surface area contributed by atoms with Crippen LogP contribution in [0.5, 0.6) is 0 Å². The maximum Gasteiger partial charge on any atom is 0.193 e. The molecule has 3 heterocycles. The van der Waals surface area contributed by atoms with Gasteiger partial charge in [0.15, 0.2) is 5.96 Å². The predicted molar refractivity (Wildman–Crippen MR) is 140 cm³/mol. The van der Waals surface area contributed by atoms with Crippen molar-refractivity contribution in [3.05, 3.63) is 35.4 Å². The quantitative estimate of drug-likeness (QED) is 0.317. The summed E-state index contributed by atoms with van der Waals surface area (Å²) in [6.07, 6.45) is 2.92. The Balaban J connectivity index is 0.00000289. The largest absolute Gasteiger partial charge is 0.393 e. The van der Waals surface area contributed by atoms with E-state index in [0.29, 0.717) is 5.92 Å². The summed E-state index contributed by atoms with van der Waals surface area (Å²) in [6, 6.07) is 8.91. The number of aliphatic hydroxyl groups excluding tert-OH is 1. The Bertz CT molecular complexity index is 703. The molecule has 0 amide bonds. The van der Waals surface area contributed by atoms with Crippen molar-refractivity contribution in [1.82, 2.24) is 20.0 Å². The molecule has 4 rings (SSSR count). The molecule has 3 aliphatic heterocycles. The van der Waals surface area contributed by atoms with Gasteiger partial charge in [-0.15, -0.1) is 24.0 Å². The van der Waals surface area contributed by atoms with E-state index in [1.807, 2.05) is 7.05 Å². The van der Waals surface area contributed by atoms with Gasteiger partial charge in [0.2, 0.25) is 0 Å². The summed E-state index contributed by atoms with van der Waals surface area (Å²) < 4.78 is 5.47. The molecule has 0 bridgehead atoms. The van der Waals surface area contributed by atoms with Crippen LogP contribution in [0.4, 0.5) is 0 Å². The number of nitrogens with one attached hydrogen (secondary N) is 1. The SMILES string of the molecule is CN=C(NCc1ccc(CN2CCC(O)CC2)cc1)N1CCC(CN2CCOCC2)C1.I. The zero-order valence-corrected chi connectivity index (χ0v) is 21.7. The molecular weight excluding hydrogens is 517 g/mol. The molecule has 0 aliphatic carbocycles. The van der Waals surface area contributed by atoms with E-state index in [1.165, 1.54) is 24.1 Å². The fourth-order valence-corrected chi connectivity index (χ4v) is 4.93. The molecule has 0 saturated carbocycles. The number of hydrogen-bond donors (Lipinski definition) is 2. The Labute approximate surface area is 210 Å². The molecule has 32 heavy (non-hydrogen) atoms. The number of halogens is 1. The van der Waals surface area contributed by atoms with Crippen LogP contribution in [-0.4, -0.2) is 97.9 Å². The van der Waals surface area contributed by atoms with E-state index < -0.39 is 0 Å². The second-order valence-corrected chi connectivity index (χ2v) is 9.24. The van der Waals surface area contributed by atoms with E-state index in [2.05, 4.69) is 49.3 Å². The molecule has 1 unspecified atom stereocenters. The molecule has 0 aromatic heterocycles. The van der Waals surface area contributed by atoms with E-state index in [4.69, 9.17) is 4.74 Å². The van der Waals surface area contributed by atoms with Crippen LogP contribution in [0.25, 0.3) is 0 Å². The number of likely N-dealkylation sites (tertiary alicyclic amines) is 2. The van der Waals surface area contributed by atoms with Crippen LogP contribution in [0.3, 0.4) is 0 Å². The lowest BCUT2D eigenvalue weighted by molar-refractivity contribution is 0.0315. The van der Waals surface area contributed by atoms with Gasteiger partial charge in [0.25, 0.3) is 0 Å². The van der Waals surface area contributed by atoms with Gasteiger partial charge in [-0.25, -0.2) is 0 Å². The Kier molecular flexibility index (Phi) is 10.5. The molecule has 1 aromatic carbocycles. The summed E-state index contributed by atoms with van der Waals surface area (Å²) in [6.45, 7) is 11.0. The van der Waals surface area contributed by atoms with Gasteiger partial charge >= 0.3 is 0 Å². The molecule has 1 aromatic rings. The molecule has 180 valence electrons. The minimum Gasteiger partial charge on any atom is -0.393 e. The average Bonchev–Trinajstić information content (AvgIpc) is 3.26. The van der Waals surface area contributed by atoms with Crippen molar-refractivity contribution in [1.29, 1.82) is 0 Å². The molecule has 2 N–H and O–H groups in total. The number of benzene rings is 1. The van der Waals surface area contributed by atoms with E-state index in [0.717, 1.165) is 84.4 Å². The first-order valence-corrected chi connectivity index (χ1v) is 11.9. The monoisotopic (exact) mass is 557 g/mol. The molecular formula is C24H40IN5O2. The normalized spacial score (nSPS) is 23.9. The summed E-state index contributed by atoms with van der Waals surface area (Å²) in [5.74, 6) is 1.73. The summed E-state index contributed by atoms with van der Waals surface area (Å²) in [5, 5.41) is 13.2. The van der Waals surface area contributed by atoms with Crippen molar-refractivity contribution in [2.45, 2.75) is 38.5 Å². The van der Waals surface area contributed by atoms with Gasteiger partial charge in [0.1, 0.15) is 0 Å². The molecule has 0 radical (unpaired) electrons. The Morgan fingerprint density at radius 1 is 1.00 bits per heavy atom. The lowest BCUT2D eigenvalue weighted by Gasteiger charge is -2.29. The van der Waals surface area contributed by atoms with Crippen molar-refractivity contribution >= 4 is 29.9 Å². The maximum atomic E-state index is 9.67. The second-order valence-electron chi connectivity index (χ2n) is 9.24. The fourth-order valence-electron chi connectivity index (χ4n) is 4.93. The number of aliphatic imine (C=N–C) groups is 1. The molecule has 0 spiro atoms. The lowest BCUT2D eigenvalue weighted by Crippen LogP contribution is -2.42. The van der Waals surface area contributed by atoms with Gasteiger partial charge in [-0.3, -0.25) is 14.8 Å². The van der Waals surface area contributed by atoms with Crippen LogP contribution in [-0.2, 0) is 17.8 Å². The van der Waals surface area contributed by atoms with Crippen LogP contribution in [0.2, 0.25) is 0 Å². The molecule has 3 saturated heterocycles.